The van der Waals surface area contributed by atoms with Crippen molar-refractivity contribution in [2.45, 2.75) is 20.0 Å². The van der Waals surface area contributed by atoms with Crippen LogP contribution in [-0.4, -0.2) is 36.6 Å². The van der Waals surface area contributed by atoms with Gasteiger partial charge >= 0.3 is 5.97 Å². The maximum Gasteiger partial charge on any atom is 0.358 e. The van der Waals surface area contributed by atoms with Crippen LogP contribution in [0.1, 0.15) is 24.3 Å². The first-order valence-corrected chi connectivity index (χ1v) is 8.01. The quantitative estimate of drug-likeness (QED) is 0.821. The lowest BCUT2D eigenvalue weighted by atomic mass is 10.2. The van der Waals surface area contributed by atoms with Gasteiger partial charge in [0.1, 0.15) is 10.8 Å². The van der Waals surface area contributed by atoms with Crippen molar-refractivity contribution in [3.05, 3.63) is 35.3 Å². The van der Waals surface area contributed by atoms with Crippen molar-refractivity contribution in [1.29, 1.82) is 0 Å². The first-order valence-electron chi connectivity index (χ1n) is 7.13. The number of esters is 1. The average molecular weight is 334 g/mol. The summed E-state index contributed by atoms with van der Waals surface area (Å²) in [5.74, 6) is -0.188. The number of nitrogens with one attached hydrogen (secondary N) is 1. The Morgan fingerprint density at radius 1 is 1.30 bits per heavy atom. The normalized spacial score (nSPS) is 11.6. The Kier molecular flexibility index (Phi) is 5.70. The molecule has 1 atom stereocenters. The number of methoxy groups -OCH3 is 1. The second-order valence-corrected chi connectivity index (χ2v) is 5.57. The highest BCUT2D eigenvalue weighted by Crippen LogP contribution is 2.26. The Labute approximate surface area is 138 Å². The van der Waals surface area contributed by atoms with Gasteiger partial charge in [-0.15, -0.1) is 11.3 Å². The summed E-state index contributed by atoms with van der Waals surface area (Å²) in [5.41, 5.74) is 1.07. The average Bonchev–Trinajstić information content (AvgIpc) is 3.05. The summed E-state index contributed by atoms with van der Waals surface area (Å²) >= 11 is 1.34. The van der Waals surface area contributed by atoms with Gasteiger partial charge in [0.15, 0.2) is 11.8 Å². The van der Waals surface area contributed by atoms with E-state index < -0.39 is 12.1 Å². The van der Waals surface area contributed by atoms with Gasteiger partial charge in [-0.2, -0.15) is 0 Å². The van der Waals surface area contributed by atoms with Crippen LogP contribution in [0.3, 0.4) is 0 Å². The summed E-state index contributed by atoms with van der Waals surface area (Å²) in [6, 6.07) is 7.38. The molecule has 7 heteroatoms. The number of hydrogen-bond acceptors (Lipinski definition) is 6. The number of hydrogen-bond donors (Lipinski definition) is 1. The third-order valence-corrected chi connectivity index (χ3v) is 3.95. The number of aromatic nitrogens is 1. The molecule has 0 bridgehead atoms. The van der Waals surface area contributed by atoms with Gasteiger partial charge < -0.3 is 14.8 Å². The van der Waals surface area contributed by atoms with Crippen molar-refractivity contribution in [3.63, 3.8) is 0 Å². The zero-order chi connectivity index (χ0) is 16.8. The molecule has 2 rings (SSSR count). The molecule has 0 saturated carbocycles. The van der Waals surface area contributed by atoms with Gasteiger partial charge in [-0.25, -0.2) is 9.78 Å². The largest absolute Gasteiger partial charge is 0.497 e. The molecule has 0 fully saturated rings. The number of benzene rings is 1. The van der Waals surface area contributed by atoms with Crippen molar-refractivity contribution in [1.82, 2.24) is 10.3 Å². The van der Waals surface area contributed by atoms with Crippen LogP contribution in [0.15, 0.2) is 29.6 Å². The number of nitrogens with zero attached hydrogens (tertiary/aromatic N) is 1. The van der Waals surface area contributed by atoms with Crippen molar-refractivity contribution < 1.29 is 19.1 Å². The molecule has 2 aromatic rings. The summed E-state index contributed by atoms with van der Waals surface area (Å²) in [7, 11) is 1.60. The number of rotatable bonds is 6. The number of amides is 1. The molecule has 0 aliphatic heterocycles. The fourth-order valence-corrected chi connectivity index (χ4v) is 2.62. The Balaban J connectivity index is 2.05. The van der Waals surface area contributed by atoms with E-state index in [-0.39, 0.29) is 11.6 Å². The predicted octanol–water partition coefficient (Wildman–Crippen LogP) is 2.50. The van der Waals surface area contributed by atoms with E-state index in [2.05, 4.69) is 10.3 Å². The van der Waals surface area contributed by atoms with Crippen LogP contribution in [0.2, 0.25) is 0 Å². The molecule has 23 heavy (non-hydrogen) atoms. The summed E-state index contributed by atoms with van der Waals surface area (Å²) in [6.45, 7) is 3.81. The molecule has 0 unspecified atom stereocenters. The van der Waals surface area contributed by atoms with Crippen molar-refractivity contribution in [3.8, 4) is 16.3 Å². The van der Waals surface area contributed by atoms with Crippen LogP contribution < -0.4 is 10.1 Å². The molecule has 0 saturated heterocycles. The molecule has 1 aromatic carbocycles. The smallest absolute Gasteiger partial charge is 0.358 e. The number of ether oxygens (including phenoxy) is 2. The van der Waals surface area contributed by atoms with Crippen molar-refractivity contribution in [2.75, 3.05) is 13.7 Å². The van der Waals surface area contributed by atoms with Gasteiger partial charge in [0.05, 0.1) is 7.11 Å². The maximum absolute atomic E-state index is 12.0. The highest BCUT2D eigenvalue weighted by molar-refractivity contribution is 7.13. The zero-order valence-corrected chi connectivity index (χ0v) is 14.0. The fraction of sp³-hybridized carbons (Fsp3) is 0.312. The summed E-state index contributed by atoms with van der Waals surface area (Å²) in [6.07, 6.45) is -0.853. The third-order valence-electron chi connectivity index (χ3n) is 3.05. The van der Waals surface area contributed by atoms with Crippen LogP contribution in [0.4, 0.5) is 0 Å². The minimum absolute atomic E-state index is 0.192. The summed E-state index contributed by atoms with van der Waals surface area (Å²) in [4.78, 5) is 27.9. The van der Waals surface area contributed by atoms with Gasteiger partial charge in [-0.05, 0) is 38.1 Å². The van der Waals surface area contributed by atoms with Crippen LogP contribution >= 0.6 is 11.3 Å². The molecule has 1 heterocycles. The van der Waals surface area contributed by atoms with E-state index in [1.54, 1.807) is 19.4 Å². The van der Waals surface area contributed by atoms with E-state index >= 15 is 0 Å². The lowest BCUT2D eigenvalue weighted by Gasteiger charge is -2.11. The number of thiazole rings is 1. The molecule has 1 aromatic heterocycles. The second kappa shape index (κ2) is 7.73. The first-order chi connectivity index (χ1) is 11.0. The summed E-state index contributed by atoms with van der Waals surface area (Å²) < 4.78 is 10.2. The van der Waals surface area contributed by atoms with Gasteiger partial charge in [0.2, 0.25) is 0 Å². The van der Waals surface area contributed by atoms with E-state index in [4.69, 9.17) is 9.47 Å². The predicted molar refractivity (Wildman–Crippen MR) is 87.7 cm³/mol. The Morgan fingerprint density at radius 3 is 2.61 bits per heavy atom. The second-order valence-electron chi connectivity index (χ2n) is 4.71. The van der Waals surface area contributed by atoms with E-state index in [1.165, 1.54) is 18.3 Å². The van der Waals surface area contributed by atoms with Gasteiger partial charge in [0.25, 0.3) is 5.91 Å². The van der Waals surface area contributed by atoms with Gasteiger partial charge in [-0.3, -0.25) is 4.79 Å². The minimum atomic E-state index is -0.853. The molecular weight excluding hydrogens is 316 g/mol. The van der Waals surface area contributed by atoms with Crippen LogP contribution in [-0.2, 0) is 9.53 Å². The van der Waals surface area contributed by atoms with Crippen LogP contribution in [0.25, 0.3) is 10.6 Å². The van der Waals surface area contributed by atoms with E-state index in [9.17, 15) is 9.59 Å². The molecule has 122 valence electrons. The van der Waals surface area contributed by atoms with Crippen molar-refractivity contribution in [2.24, 2.45) is 0 Å². The molecule has 6 nitrogen and oxygen atoms in total. The molecule has 0 aliphatic rings. The van der Waals surface area contributed by atoms with E-state index in [1.807, 2.05) is 24.3 Å². The van der Waals surface area contributed by atoms with Crippen LogP contribution in [0, 0.1) is 0 Å². The van der Waals surface area contributed by atoms with Crippen molar-refractivity contribution >= 4 is 23.2 Å². The fourth-order valence-electron chi connectivity index (χ4n) is 1.83. The SMILES string of the molecule is CCNC(=O)[C@H](C)OC(=O)c1csc(-c2ccc(OC)cc2)n1. The molecule has 0 spiro atoms. The molecule has 0 aliphatic carbocycles. The first kappa shape index (κ1) is 17.0. The Bertz CT molecular complexity index is 682. The number of likely N-dealkylation sites (N-methyl/N-ethyl adjacent to an activating group) is 1. The Hall–Kier alpha value is -2.41. The Morgan fingerprint density at radius 2 is 2.00 bits per heavy atom. The van der Waals surface area contributed by atoms with Crippen LogP contribution in [0.5, 0.6) is 5.75 Å². The zero-order valence-electron chi connectivity index (χ0n) is 13.2. The topological polar surface area (TPSA) is 77.5 Å². The lowest BCUT2D eigenvalue weighted by molar-refractivity contribution is -0.128. The highest BCUT2D eigenvalue weighted by Gasteiger charge is 2.20. The monoisotopic (exact) mass is 334 g/mol. The molecule has 1 N–H and O–H groups in total. The van der Waals surface area contributed by atoms with E-state index in [0.717, 1.165) is 11.3 Å². The highest BCUT2D eigenvalue weighted by atomic mass is 32.1. The third kappa shape index (κ3) is 4.29. The van der Waals surface area contributed by atoms with Gasteiger partial charge in [-0.1, -0.05) is 0 Å². The standard InChI is InChI=1S/C16H18N2O4S/c1-4-17-14(19)10(2)22-16(20)13-9-23-15(18-13)11-5-7-12(21-3)8-6-11/h5-10H,4H2,1-3H3,(H,17,19)/t10-/m0/s1. The molecular formula is C16H18N2O4S. The summed E-state index contributed by atoms with van der Waals surface area (Å²) in [5, 5.41) is 4.91. The minimum Gasteiger partial charge on any atom is -0.497 e. The van der Waals surface area contributed by atoms with E-state index in [0.29, 0.717) is 11.6 Å². The lowest BCUT2D eigenvalue weighted by Crippen LogP contribution is -2.35. The maximum atomic E-state index is 12.0. The number of carbonyl (C=O) groups is 2. The van der Waals surface area contributed by atoms with Gasteiger partial charge in [0, 0.05) is 17.5 Å². The molecule has 0 radical (unpaired) electrons. The molecule has 1 amide bonds. The number of carbonyl (C=O) groups excluding carboxylic acids is 2.